The summed E-state index contributed by atoms with van der Waals surface area (Å²) in [6.45, 7) is 4.20. The molecular formula is C19H24N2O2S. The van der Waals surface area contributed by atoms with Crippen LogP contribution >= 0.6 is 11.3 Å². The molecule has 24 heavy (non-hydrogen) atoms. The third kappa shape index (κ3) is 5.49. The van der Waals surface area contributed by atoms with Crippen molar-refractivity contribution >= 4 is 23.2 Å². The van der Waals surface area contributed by atoms with E-state index < -0.39 is 0 Å². The summed E-state index contributed by atoms with van der Waals surface area (Å²) < 4.78 is 0. The summed E-state index contributed by atoms with van der Waals surface area (Å²) in [6.07, 6.45) is 1.22. The summed E-state index contributed by atoms with van der Waals surface area (Å²) in [5.41, 5.74) is 1.23. The van der Waals surface area contributed by atoms with Crippen LogP contribution in [0.5, 0.6) is 0 Å². The Labute approximate surface area is 147 Å². The van der Waals surface area contributed by atoms with E-state index in [1.807, 2.05) is 35.7 Å². The average Bonchev–Trinajstić information content (AvgIpc) is 3.10. The highest BCUT2D eigenvalue weighted by atomic mass is 32.1. The van der Waals surface area contributed by atoms with Gasteiger partial charge < -0.3 is 10.6 Å². The first-order valence-corrected chi connectivity index (χ1v) is 9.10. The molecule has 0 bridgehead atoms. The van der Waals surface area contributed by atoms with E-state index >= 15 is 0 Å². The minimum Gasteiger partial charge on any atom is -0.355 e. The van der Waals surface area contributed by atoms with Crippen LogP contribution in [0.25, 0.3) is 0 Å². The van der Waals surface area contributed by atoms with Crippen LogP contribution in [0.15, 0.2) is 47.8 Å². The van der Waals surface area contributed by atoms with E-state index in [1.54, 1.807) is 11.3 Å². The SMILES string of the molecule is CC[C@H](CNC(=O)C[C@H](NC(C)=O)c1cccs1)c1ccccc1. The van der Waals surface area contributed by atoms with Gasteiger partial charge in [-0.2, -0.15) is 0 Å². The van der Waals surface area contributed by atoms with E-state index in [0.717, 1.165) is 11.3 Å². The van der Waals surface area contributed by atoms with E-state index in [4.69, 9.17) is 0 Å². The molecule has 0 spiro atoms. The molecule has 128 valence electrons. The molecule has 0 saturated heterocycles. The van der Waals surface area contributed by atoms with E-state index in [-0.39, 0.29) is 24.3 Å². The molecule has 5 heteroatoms. The van der Waals surface area contributed by atoms with Crippen LogP contribution in [0.4, 0.5) is 0 Å². The van der Waals surface area contributed by atoms with Crippen LogP contribution in [-0.4, -0.2) is 18.4 Å². The van der Waals surface area contributed by atoms with E-state index in [9.17, 15) is 9.59 Å². The predicted molar refractivity (Wildman–Crippen MR) is 98.0 cm³/mol. The van der Waals surface area contributed by atoms with Crippen molar-refractivity contribution in [3.63, 3.8) is 0 Å². The molecule has 2 atom stereocenters. The molecule has 0 saturated carbocycles. The van der Waals surface area contributed by atoms with Gasteiger partial charge >= 0.3 is 0 Å². The van der Waals surface area contributed by atoms with Crippen LogP contribution in [0.3, 0.4) is 0 Å². The van der Waals surface area contributed by atoms with Gasteiger partial charge in [-0.25, -0.2) is 0 Å². The lowest BCUT2D eigenvalue weighted by molar-refractivity contribution is -0.122. The van der Waals surface area contributed by atoms with Crippen molar-refractivity contribution in [2.24, 2.45) is 0 Å². The molecule has 1 aromatic heterocycles. The van der Waals surface area contributed by atoms with Crippen LogP contribution in [0, 0.1) is 0 Å². The molecule has 0 unspecified atom stereocenters. The van der Waals surface area contributed by atoms with Crippen molar-refractivity contribution in [3.05, 3.63) is 58.3 Å². The minimum absolute atomic E-state index is 0.0449. The van der Waals surface area contributed by atoms with Gasteiger partial charge in [-0.15, -0.1) is 11.3 Å². The van der Waals surface area contributed by atoms with Crippen molar-refractivity contribution < 1.29 is 9.59 Å². The summed E-state index contributed by atoms with van der Waals surface area (Å²) in [6, 6.07) is 13.8. The molecule has 1 aromatic carbocycles. The summed E-state index contributed by atoms with van der Waals surface area (Å²) in [5, 5.41) is 7.82. The topological polar surface area (TPSA) is 58.2 Å². The summed E-state index contributed by atoms with van der Waals surface area (Å²) in [4.78, 5) is 24.7. The van der Waals surface area contributed by atoms with Crippen molar-refractivity contribution in [1.29, 1.82) is 0 Å². The fourth-order valence-corrected chi connectivity index (χ4v) is 3.45. The van der Waals surface area contributed by atoms with Gasteiger partial charge in [0.05, 0.1) is 12.5 Å². The normalized spacial score (nSPS) is 13.1. The first kappa shape index (κ1) is 18.2. The predicted octanol–water partition coefficient (Wildman–Crippen LogP) is 3.63. The molecule has 2 amide bonds. The maximum absolute atomic E-state index is 12.3. The van der Waals surface area contributed by atoms with Crippen molar-refractivity contribution in [2.75, 3.05) is 6.54 Å². The second kappa shape index (κ2) is 9.23. The molecule has 4 nitrogen and oxygen atoms in total. The second-order valence-corrected chi connectivity index (χ2v) is 6.77. The van der Waals surface area contributed by atoms with Crippen LogP contribution in [-0.2, 0) is 9.59 Å². The van der Waals surface area contributed by atoms with Gasteiger partial charge in [0.2, 0.25) is 11.8 Å². The first-order valence-electron chi connectivity index (χ1n) is 8.22. The highest BCUT2D eigenvalue weighted by molar-refractivity contribution is 7.10. The molecule has 2 N–H and O–H groups in total. The number of carbonyl (C=O) groups excluding carboxylic acids is 2. The van der Waals surface area contributed by atoms with Crippen molar-refractivity contribution in [1.82, 2.24) is 10.6 Å². The fraction of sp³-hybridized carbons (Fsp3) is 0.368. The van der Waals surface area contributed by atoms with Crippen LogP contribution in [0.1, 0.15) is 49.1 Å². The van der Waals surface area contributed by atoms with Crippen LogP contribution in [0.2, 0.25) is 0 Å². The van der Waals surface area contributed by atoms with Crippen molar-refractivity contribution in [3.8, 4) is 0 Å². The highest BCUT2D eigenvalue weighted by Crippen LogP contribution is 2.22. The molecule has 0 radical (unpaired) electrons. The minimum atomic E-state index is -0.265. The molecule has 0 fully saturated rings. The maximum atomic E-state index is 12.3. The summed E-state index contributed by atoms with van der Waals surface area (Å²) in [7, 11) is 0. The Kier molecular flexibility index (Phi) is 7.00. The van der Waals surface area contributed by atoms with Gasteiger partial charge in [-0.3, -0.25) is 9.59 Å². The second-order valence-electron chi connectivity index (χ2n) is 5.79. The number of hydrogen-bond acceptors (Lipinski definition) is 3. The highest BCUT2D eigenvalue weighted by Gasteiger charge is 2.19. The number of thiophene rings is 1. The first-order chi connectivity index (χ1) is 11.6. The zero-order valence-electron chi connectivity index (χ0n) is 14.1. The Hall–Kier alpha value is -2.14. The molecule has 0 aliphatic carbocycles. The number of amides is 2. The lowest BCUT2D eigenvalue weighted by Gasteiger charge is -2.19. The number of benzene rings is 1. The Bertz CT molecular complexity index is 641. The molecule has 0 aliphatic heterocycles. The third-order valence-corrected chi connectivity index (χ3v) is 4.95. The fourth-order valence-electron chi connectivity index (χ4n) is 2.68. The van der Waals surface area contributed by atoms with E-state index in [0.29, 0.717) is 12.5 Å². The summed E-state index contributed by atoms with van der Waals surface area (Å²) >= 11 is 1.55. The maximum Gasteiger partial charge on any atom is 0.222 e. The van der Waals surface area contributed by atoms with Gasteiger partial charge in [0.25, 0.3) is 0 Å². The molecule has 2 aromatic rings. The number of hydrogen-bond donors (Lipinski definition) is 2. The van der Waals surface area contributed by atoms with Crippen molar-refractivity contribution in [2.45, 2.75) is 38.6 Å². The third-order valence-electron chi connectivity index (χ3n) is 3.96. The van der Waals surface area contributed by atoms with Gasteiger partial charge in [0, 0.05) is 24.3 Å². The number of nitrogens with one attached hydrogen (secondary N) is 2. The number of rotatable bonds is 8. The number of carbonyl (C=O) groups is 2. The smallest absolute Gasteiger partial charge is 0.222 e. The van der Waals surface area contributed by atoms with Gasteiger partial charge in [0.1, 0.15) is 0 Å². The largest absolute Gasteiger partial charge is 0.355 e. The van der Waals surface area contributed by atoms with E-state index in [1.165, 1.54) is 12.5 Å². The lowest BCUT2D eigenvalue weighted by atomic mass is 9.96. The van der Waals surface area contributed by atoms with E-state index in [2.05, 4.69) is 29.7 Å². The monoisotopic (exact) mass is 344 g/mol. The zero-order chi connectivity index (χ0) is 17.4. The van der Waals surface area contributed by atoms with Gasteiger partial charge in [-0.05, 0) is 23.4 Å². The average molecular weight is 344 g/mol. The zero-order valence-corrected chi connectivity index (χ0v) is 14.9. The molecule has 2 rings (SSSR count). The molecule has 1 heterocycles. The van der Waals surface area contributed by atoms with Crippen LogP contribution < -0.4 is 10.6 Å². The summed E-state index contributed by atoms with van der Waals surface area (Å²) in [5.74, 6) is 0.129. The van der Waals surface area contributed by atoms with Gasteiger partial charge in [0.15, 0.2) is 0 Å². The standard InChI is InChI=1S/C19H24N2O2S/c1-3-15(16-8-5-4-6-9-16)13-20-19(23)12-17(21-14(2)22)18-10-7-11-24-18/h4-11,15,17H,3,12-13H2,1-2H3,(H,20,23)(H,21,22)/t15-,17+/m1/s1. The molecule has 0 aliphatic rings. The molecular weight excluding hydrogens is 320 g/mol. The van der Waals surface area contributed by atoms with Gasteiger partial charge in [-0.1, -0.05) is 43.3 Å². The Morgan fingerprint density at radius 3 is 2.46 bits per heavy atom. The quantitative estimate of drug-likeness (QED) is 0.768. The Morgan fingerprint density at radius 2 is 1.88 bits per heavy atom. The Morgan fingerprint density at radius 1 is 1.12 bits per heavy atom. The lowest BCUT2D eigenvalue weighted by Crippen LogP contribution is -2.34. The Balaban J connectivity index is 1.92.